The van der Waals surface area contributed by atoms with Crippen LogP contribution < -0.4 is 0 Å². The molecular formula is C14H14FN3. The Morgan fingerprint density at radius 2 is 2.33 bits per heavy atom. The highest BCUT2D eigenvalue weighted by Gasteiger charge is 2.15. The minimum absolute atomic E-state index is 0.247. The molecule has 4 heteroatoms. The van der Waals surface area contributed by atoms with Crippen LogP contribution in [0, 0.1) is 12.7 Å². The Morgan fingerprint density at radius 3 is 3.06 bits per heavy atom. The molecule has 0 amide bonds. The van der Waals surface area contributed by atoms with E-state index in [1.165, 1.54) is 6.07 Å². The van der Waals surface area contributed by atoms with Gasteiger partial charge in [-0.05, 0) is 31.3 Å². The van der Waals surface area contributed by atoms with E-state index in [0.29, 0.717) is 12.1 Å². The number of halogens is 1. The first-order valence-corrected chi connectivity index (χ1v) is 5.60. The minimum Gasteiger partial charge on any atom is -0.339 e. The molecule has 0 saturated carbocycles. The summed E-state index contributed by atoms with van der Waals surface area (Å²) in [7, 11) is 0. The summed E-state index contributed by atoms with van der Waals surface area (Å²) in [5.74, 6) is -0.247. The quantitative estimate of drug-likeness (QED) is 0.750. The molecule has 0 aromatic heterocycles. The maximum Gasteiger partial charge on any atom is 0.132 e. The summed E-state index contributed by atoms with van der Waals surface area (Å²) in [4.78, 5) is 9.61. The molecule has 1 heterocycles. The summed E-state index contributed by atoms with van der Waals surface area (Å²) in [5, 5.41) is 0. The van der Waals surface area contributed by atoms with E-state index in [1.54, 1.807) is 30.9 Å². The minimum atomic E-state index is -0.247. The lowest BCUT2D eigenvalue weighted by atomic mass is 10.1. The van der Waals surface area contributed by atoms with E-state index in [-0.39, 0.29) is 5.82 Å². The summed E-state index contributed by atoms with van der Waals surface area (Å²) in [6.45, 7) is 5.83. The van der Waals surface area contributed by atoms with Gasteiger partial charge in [0, 0.05) is 24.2 Å². The van der Waals surface area contributed by atoms with Crippen molar-refractivity contribution in [1.29, 1.82) is 0 Å². The smallest absolute Gasteiger partial charge is 0.132 e. The van der Waals surface area contributed by atoms with Crippen LogP contribution in [0.3, 0.4) is 0 Å². The lowest BCUT2D eigenvalue weighted by molar-refractivity contribution is 0.581. The second-order valence-corrected chi connectivity index (χ2v) is 3.96. The zero-order chi connectivity index (χ0) is 13.0. The lowest BCUT2D eigenvalue weighted by Gasteiger charge is -2.24. The van der Waals surface area contributed by atoms with Crippen molar-refractivity contribution in [2.45, 2.75) is 6.92 Å². The van der Waals surface area contributed by atoms with Crippen LogP contribution in [0.5, 0.6) is 0 Å². The van der Waals surface area contributed by atoms with Gasteiger partial charge in [-0.25, -0.2) is 4.39 Å². The van der Waals surface area contributed by atoms with Crippen molar-refractivity contribution >= 4 is 18.6 Å². The number of nitrogens with zero attached hydrogens (tertiary/aromatic N) is 3. The highest BCUT2D eigenvalue weighted by molar-refractivity contribution is 5.74. The van der Waals surface area contributed by atoms with Crippen molar-refractivity contribution in [3.05, 3.63) is 53.7 Å². The summed E-state index contributed by atoms with van der Waals surface area (Å²) in [6.07, 6.45) is 6.72. The Morgan fingerprint density at radius 1 is 1.50 bits per heavy atom. The van der Waals surface area contributed by atoms with Crippen molar-refractivity contribution in [3.63, 3.8) is 0 Å². The summed E-state index contributed by atoms with van der Waals surface area (Å²) in [5.41, 5.74) is 2.15. The topological polar surface area (TPSA) is 28.0 Å². The first kappa shape index (κ1) is 12.2. The molecule has 1 aromatic rings. The van der Waals surface area contributed by atoms with Gasteiger partial charge in [0.15, 0.2) is 0 Å². The zero-order valence-corrected chi connectivity index (χ0v) is 10.2. The van der Waals surface area contributed by atoms with Gasteiger partial charge >= 0.3 is 0 Å². The summed E-state index contributed by atoms with van der Waals surface area (Å²) < 4.78 is 14.0. The van der Waals surface area contributed by atoms with Crippen LogP contribution in [0.25, 0.3) is 5.70 Å². The van der Waals surface area contributed by atoms with Gasteiger partial charge in [-0.1, -0.05) is 6.07 Å². The monoisotopic (exact) mass is 243 g/mol. The first-order valence-electron chi connectivity index (χ1n) is 5.60. The van der Waals surface area contributed by atoms with Crippen molar-refractivity contribution in [2.75, 3.05) is 6.54 Å². The van der Waals surface area contributed by atoms with E-state index in [2.05, 4.69) is 16.7 Å². The van der Waals surface area contributed by atoms with Crippen molar-refractivity contribution in [3.8, 4) is 0 Å². The number of aryl methyl sites for hydroxylation is 1. The molecule has 2 rings (SSSR count). The fourth-order valence-corrected chi connectivity index (χ4v) is 1.75. The molecule has 0 unspecified atom stereocenters. The molecule has 1 aromatic carbocycles. The van der Waals surface area contributed by atoms with Gasteiger partial charge in [0.1, 0.15) is 5.82 Å². The Balaban J connectivity index is 2.39. The van der Waals surface area contributed by atoms with E-state index in [9.17, 15) is 4.39 Å². The summed E-state index contributed by atoms with van der Waals surface area (Å²) >= 11 is 0. The average Bonchev–Trinajstić information content (AvgIpc) is 2.37. The standard InChI is InChI=1S/C14H14FN3/c1-11-3-4-12(13(15)9-11)14-10-17-6-8-18(14)7-5-16-2/h3-7,9-10H,2,8H2,1H3/b7-5-. The Kier molecular flexibility index (Phi) is 3.67. The van der Waals surface area contributed by atoms with E-state index >= 15 is 0 Å². The van der Waals surface area contributed by atoms with Gasteiger partial charge in [-0.15, -0.1) is 0 Å². The van der Waals surface area contributed by atoms with E-state index in [0.717, 1.165) is 11.3 Å². The SMILES string of the molecule is C=N/C=C\N1CC=NC=C1c1ccc(C)cc1F. The number of aliphatic imine (C=N–C) groups is 2. The van der Waals surface area contributed by atoms with Crippen LogP contribution in [-0.4, -0.2) is 24.4 Å². The van der Waals surface area contributed by atoms with Gasteiger partial charge < -0.3 is 4.90 Å². The molecule has 0 bridgehead atoms. The fourth-order valence-electron chi connectivity index (χ4n) is 1.75. The van der Waals surface area contributed by atoms with Crippen molar-refractivity contribution in [1.82, 2.24) is 4.90 Å². The van der Waals surface area contributed by atoms with E-state index in [4.69, 9.17) is 0 Å². The third kappa shape index (κ3) is 2.53. The molecule has 92 valence electrons. The second kappa shape index (κ2) is 5.40. The zero-order valence-electron chi connectivity index (χ0n) is 10.2. The maximum atomic E-state index is 14.0. The molecule has 0 spiro atoms. The third-order valence-corrected chi connectivity index (χ3v) is 2.64. The summed E-state index contributed by atoms with van der Waals surface area (Å²) in [6, 6.07) is 5.16. The van der Waals surface area contributed by atoms with Gasteiger partial charge in [0.2, 0.25) is 0 Å². The van der Waals surface area contributed by atoms with Gasteiger partial charge in [-0.3, -0.25) is 9.98 Å². The van der Waals surface area contributed by atoms with Crippen LogP contribution >= 0.6 is 0 Å². The van der Waals surface area contributed by atoms with Gasteiger partial charge in [0.05, 0.1) is 18.4 Å². The predicted molar refractivity (Wildman–Crippen MR) is 73.0 cm³/mol. The Bertz CT molecular complexity index is 544. The normalized spacial score (nSPS) is 15.0. The van der Waals surface area contributed by atoms with Crippen molar-refractivity contribution in [2.24, 2.45) is 9.98 Å². The molecule has 0 saturated heterocycles. The molecule has 0 aliphatic carbocycles. The van der Waals surface area contributed by atoms with Crippen LogP contribution in [-0.2, 0) is 0 Å². The molecule has 0 fully saturated rings. The average molecular weight is 243 g/mol. The van der Waals surface area contributed by atoms with E-state index in [1.807, 2.05) is 17.9 Å². The molecule has 0 N–H and O–H groups in total. The molecule has 3 nitrogen and oxygen atoms in total. The van der Waals surface area contributed by atoms with E-state index < -0.39 is 0 Å². The Labute approximate surface area is 106 Å². The molecule has 0 atom stereocenters. The molecule has 0 radical (unpaired) electrons. The Hall–Kier alpha value is -2.23. The maximum absolute atomic E-state index is 14.0. The number of benzene rings is 1. The van der Waals surface area contributed by atoms with Gasteiger partial charge in [0.25, 0.3) is 0 Å². The predicted octanol–water partition coefficient (Wildman–Crippen LogP) is 2.99. The van der Waals surface area contributed by atoms with Crippen LogP contribution in [0.4, 0.5) is 4.39 Å². The largest absolute Gasteiger partial charge is 0.339 e. The molecule has 1 aliphatic heterocycles. The molecule has 1 aliphatic rings. The number of hydrogen-bond donors (Lipinski definition) is 0. The molecular weight excluding hydrogens is 229 g/mol. The highest BCUT2D eigenvalue weighted by atomic mass is 19.1. The van der Waals surface area contributed by atoms with Crippen LogP contribution in [0.15, 0.2) is 46.8 Å². The van der Waals surface area contributed by atoms with Crippen molar-refractivity contribution < 1.29 is 4.39 Å². The first-order chi connectivity index (χ1) is 8.72. The van der Waals surface area contributed by atoms with Crippen LogP contribution in [0.1, 0.15) is 11.1 Å². The number of hydrogen-bond acceptors (Lipinski definition) is 3. The third-order valence-electron chi connectivity index (χ3n) is 2.64. The lowest BCUT2D eigenvalue weighted by Crippen LogP contribution is -2.21. The highest BCUT2D eigenvalue weighted by Crippen LogP contribution is 2.24. The molecule has 18 heavy (non-hydrogen) atoms. The second-order valence-electron chi connectivity index (χ2n) is 3.96. The van der Waals surface area contributed by atoms with Gasteiger partial charge in [-0.2, -0.15) is 0 Å². The fraction of sp³-hybridized carbons (Fsp3) is 0.143. The number of rotatable bonds is 3. The van der Waals surface area contributed by atoms with Crippen LogP contribution in [0.2, 0.25) is 0 Å².